The topological polar surface area (TPSA) is 54.7 Å². The van der Waals surface area contributed by atoms with E-state index >= 15 is 0 Å². The van der Waals surface area contributed by atoms with Gasteiger partial charge < -0.3 is 19.4 Å². The van der Waals surface area contributed by atoms with Crippen LogP contribution in [-0.4, -0.2) is 37.2 Å². The van der Waals surface area contributed by atoms with E-state index in [1.54, 1.807) is 12.3 Å². The van der Waals surface area contributed by atoms with E-state index in [0.29, 0.717) is 17.9 Å². The Morgan fingerprint density at radius 2 is 1.96 bits per heavy atom. The molecule has 3 heterocycles. The van der Waals surface area contributed by atoms with Crippen LogP contribution in [0, 0.1) is 6.92 Å². The molecule has 0 aliphatic carbocycles. The summed E-state index contributed by atoms with van der Waals surface area (Å²) < 4.78 is 11.6. The second-order valence-electron chi connectivity index (χ2n) is 7.00. The molecule has 2 saturated heterocycles. The molecule has 2 fully saturated rings. The van der Waals surface area contributed by atoms with Crippen LogP contribution in [0.1, 0.15) is 35.4 Å². The van der Waals surface area contributed by atoms with Gasteiger partial charge in [0.05, 0.1) is 30.1 Å². The zero-order chi connectivity index (χ0) is 17.3. The Labute approximate surface area is 148 Å². The van der Waals surface area contributed by atoms with Crippen molar-refractivity contribution in [1.29, 1.82) is 0 Å². The highest BCUT2D eigenvalue weighted by atomic mass is 16.5. The molecule has 0 radical (unpaired) electrons. The molecule has 1 N–H and O–H groups in total. The molecular weight excluding hydrogens is 316 g/mol. The first-order valence-electron chi connectivity index (χ1n) is 8.96. The van der Waals surface area contributed by atoms with Gasteiger partial charge in [-0.05, 0) is 57.5 Å². The van der Waals surface area contributed by atoms with Crippen LogP contribution >= 0.6 is 0 Å². The predicted molar refractivity (Wildman–Crippen MR) is 95.9 cm³/mol. The van der Waals surface area contributed by atoms with Crippen LogP contribution < -0.4 is 10.2 Å². The normalized spacial score (nSPS) is 22.2. The average molecular weight is 340 g/mol. The Balaban J connectivity index is 1.65. The van der Waals surface area contributed by atoms with Crippen LogP contribution in [0.2, 0.25) is 0 Å². The van der Waals surface area contributed by atoms with E-state index in [1.807, 2.05) is 42.2 Å². The standard InChI is InChI=1S/C20H24N2O3/c1-15-18(7-12-24-15)19(23)22(16-5-3-2-4-6-16)17-13-20(25-14-17)8-10-21-11-9-20/h2-7,12,17,21H,8-11,13-14H2,1H3/t17-/m0/s1. The molecule has 0 saturated carbocycles. The van der Waals surface area contributed by atoms with Gasteiger partial charge in [0.15, 0.2) is 0 Å². The summed E-state index contributed by atoms with van der Waals surface area (Å²) in [7, 11) is 0. The third-order valence-corrected chi connectivity index (χ3v) is 5.41. The van der Waals surface area contributed by atoms with Crippen LogP contribution in [0.3, 0.4) is 0 Å². The first kappa shape index (κ1) is 16.4. The fraction of sp³-hybridized carbons (Fsp3) is 0.450. The van der Waals surface area contributed by atoms with Crippen molar-refractivity contribution in [3.63, 3.8) is 0 Å². The number of rotatable bonds is 3. The molecule has 2 aromatic rings. The minimum Gasteiger partial charge on any atom is -0.469 e. The van der Waals surface area contributed by atoms with Gasteiger partial charge in [-0.1, -0.05) is 18.2 Å². The molecule has 5 heteroatoms. The average Bonchev–Trinajstić information content (AvgIpc) is 3.24. The molecule has 1 spiro atoms. The first-order valence-corrected chi connectivity index (χ1v) is 8.96. The Morgan fingerprint density at radius 1 is 1.20 bits per heavy atom. The number of anilines is 1. The van der Waals surface area contributed by atoms with Gasteiger partial charge in [0, 0.05) is 5.69 Å². The lowest BCUT2D eigenvalue weighted by molar-refractivity contribution is -0.0193. The Bertz CT molecular complexity index is 734. The van der Waals surface area contributed by atoms with Crippen molar-refractivity contribution in [2.45, 2.75) is 37.8 Å². The number of carbonyl (C=O) groups excluding carboxylic acids is 1. The SMILES string of the molecule is Cc1occc1C(=O)N(c1ccccc1)[C@@H]1COC2(CCNCC2)C1. The summed E-state index contributed by atoms with van der Waals surface area (Å²) in [6.07, 6.45) is 4.47. The predicted octanol–water partition coefficient (Wildman–Crippen LogP) is 3.15. The van der Waals surface area contributed by atoms with E-state index in [-0.39, 0.29) is 17.6 Å². The summed E-state index contributed by atoms with van der Waals surface area (Å²) in [5, 5.41) is 3.39. The highest BCUT2D eigenvalue weighted by molar-refractivity contribution is 6.07. The maximum Gasteiger partial charge on any atom is 0.262 e. The fourth-order valence-corrected chi connectivity index (χ4v) is 4.04. The van der Waals surface area contributed by atoms with Crippen molar-refractivity contribution in [2.75, 3.05) is 24.6 Å². The summed E-state index contributed by atoms with van der Waals surface area (Å²) in [6, 6.07) is 11.7. The van der Waals surface area contributed by atoms with Crippen molar-refractivity contribution in [3.8, 4) is 0 Å². The number of carbonyl (C=O) groups is 1. The number of hydrogen-bond acceptors (Lipinski definition) is 4. The quantitative estimate of drug-likeness (QED) is 0.933. The van der Waals surface area contributed by atoms with Crippen molar-refractivity contribution in [3.05, 3.63) is 54.0 Å². The van der Waals surface area contributed by atoms with Crippen LogP contribution in [0.15, 0.2) is 47.1 Å². The first-order chi connectivity index (χ1) is 12.2. The molecule has 1 atom stereocenters. The van der Waals surface area contributed by atoms with Crippen molar-refractivity contribution in [1.82, 2.24) is 5.32 Å². The second-order valence-corrected chi connectivity index (χ2v) is 7.00. The van der Waals surface area contributed by atoms with E-state index < -0.39 is 0 Å². The van der Waals surface area contributed by atoms with Gasteiger partial charge in [-0.25, -0.2) is 0 Å². The van der Waals surface area contributed by atoms with Crippen molar-refractivity contribution in [2.24, 2.45) is 0 Å². The zero-order valence-corrected chi connectivity index (χ0v) is 14.5. The number of ether oxygens (including phenoxy) is 1. The van der Waals surface area contributed by atoms with Gasteiger partial charge in [0.1, 0.15) is 5.76 Å². The van der Waals surface area contributed by atoms with Crippen LogP contribution in [0.4, 0.5) is 5.69 Å². The third-order valence-electron chi connectivity index (χ3n) is 5.41. The molecule has 1 aromatic heterocycles. The number of nitrogens with zero attached hydrogens (tertiary/aromatic N) is 1. The Kier molecular flexibility index (Phi) is 4.36. The summed E-state index contributed by atoms with van der Waals surface area (Å²) in [4.78, 5) is 15.2. The van der Waals surface area contributed by atoms with Gasteiger partial charge in [-0.15, -0.1) is 0 Å². The number of hydrogen-bond donors (Lipinski definition) is 1. The van der Waals surface area contributed by atoms with E-state index in [2.05, 4.69) is 5.32 Å². The lowest BCUT2D eigenvalue weighted by Gasteiger charge is -2.34. The van der Waals surface area contributed by atoms with Gasteiger partial charge in [0.2, 0.25) is 0 Å². The Morgan fingerprint density at radius 3 is 2.64 bits per heavy atom. The van der Waals surface area contributed by atoms with Crippen LogP contribution in [0.25, 0.3) is 0 Å². The fourth-order valence-electron chi connectivity index (χ4n) is 4.04. The van der Waals surface area contributed by atoms with E-state index in [4.69, 9.17) is 9.15 Å². The van der Waals surface area contributed by atoms with Gasteiger partial charge in [-0.3, -0.25) is 4.79 Å². The summed E-state index contributed by atoms with van der Waals surface area (Å²) in [5.74, 6) is 0.637. The molecule has 132 valence electrons. The lowest BCUT2D eigenvalue weighted by atomic mass is 9.87. The highest BCUT2D eigenvalue weighted by Gasteiger charge is 2.44. The molecule has 2 aliphatic rings. The van der Waals surface area contributed by atoms with Gasteiger partial charge in [-0.2, -0.15) is 0 Å². The second kappa shape index (κ2) is 6.65. The largest absolute Gasteiger partial charge is 0.469 e. The maximum atomic E-state index is 13.3. The number of nitrogens with one attached hydrogen (secondary N) is 1. The smallest absolute Gasteiger partial charge is 0.262 e. The molecule has 25 heavy (non-hydrogen) atoms. The molecule has 4 rings (SSSR count). The van der Waals surface area contributed by atoms with Crippen LogP contribution in [-0.2, 0) is 4.74 Å². The monoisotopic (exact) mass is 340 g/mol. The minimum absolute atomic E-state index is 0.0166. The molecule has 1 aromatic carbocycles. The molecule has 1 amide bonds. The molecule has 2 aliphatic heterocycles. The number of benzene rings is 1. The molecule has 0 unspecified atom stereocenters. The van der Waals surface area contributed by atoms with E-state index in [0.717, 1.165) is 38.0 Å². The van der Waals surface area contributed by atoms with Gasteiger partial charge in [0.25, 0.3) is 5.91 Å². The summed E-state index contributed by atoms with van der Waals surface area (Å²) >= 11 is 0. The van der Waals surface area contributed by atoms with Crippen molar-refractivity contribution < 1.29 is 13.9 Å². The van der Waals surface area contributed by atoms with Crippen LogP contribution in [0.5, 0.6) is 0 Å². The number of piperidine rings is 1. The number of furan rings is 1. The minimum atomic E-state index is -0.0886. The summed E-state index contributed by atoms with van der Waals surface area (Å²) in [5.41, 5.74) is 1.44. The lowest BCUT2D eigenvalue weighted by Crippen LogP contribution is -2.44. The van der Waals surface area contributed by atoms with Crippen molar-refractivity contribution >= 4 is 11.6 Å². The van der Waals surface area contributed by atoms with E-state index in [9.17, 15) is 4.79 Å². The summed E-state index contributed by atoms with van der Waals surface area (Å²) in [6.45, 7) is 4.37. The molecular formula is C20H24N2O3. The number of para-hydroxylation sites is 1. The highest BCUT2D eigenvalue weighted by Crippen LogP contribution is 2.38. The van der Waals surface area contributed by atoms with E-state index in [1.165, 1.54) is 0 Å². The number of aryl methyl sites for hydroxylation is 1. The number of amides is 1. The zero-order valence-electron chi connectivity index (χ0n) is 14.5. The maximum absolute atomic E-state index is 13.3. The Hall–Kier alpha value is -2.11. The third kappa shape index (κ3) is 3.10. The van der Waals surface area contributed by atoms with Gasteiger partial charge >= 0.3 is 0 Å². The molecule has 0 bridgehead atoms. The molecule has 5 nitrogen and oxygen atoms in total.